The molecule has 0 aromatic heterocycles. The molecule has 3 rings (SSSR count). The van der Waals surface area contributed by atoms with E-state index in [1.54, 1.807) is 12.1 Å². The molecule has 3 amide bonds. The molecule has 32 heavy (non-hydrogen) atoms. The number of hydrogen-bond acceptors (Lipinski definition) is 3. The highest BCUT2D eigenvalue weighted by molar-refractivity contribution is 6.04. The molecule has 0 heterocycles. The van der Waals surface area contributed by atoms with Gasteiger partial charge in [-0.15, -0.1) is 0 Å². The first-order valence-electron chi connectivity index (χ1n) is 10.6. The van der Waals surface area contributed by atoms with E-state index in [0.717, 1.165) is 28.9 Å². The Morgan fingerprint density at radius 2 is 1.62 bits per heavy atom. The van der Waals surface area contributed by atoms with Crippen molar-refractivity contribution in [2.45, 2.75) is 20.3 Å². The second kappa shape index (κ2) is 10.5. The standard InChI is InChI=1S/C26H30N4O2/c1-18-10-12-23(19(2)16-18)29-26(32)28-21-11-13-24(30(3)4)22(17-21)25(31)27-15-14-20-8-6-5-7-9-20/h5-13,16-17H,14-15H2,1-4H3,(H,27,31)(H2,28,29,32). The van der Waals surface area contributed by atoms with Crippen LogP contribution < -0.4 is 20.9 Å². The van der Waals surface area contributed by atoms with Crippen molar-refractivity contribution >= 4 is 29.0 Å². The third-order valence-corrected chi connectivity index (χ3v) is 5.15. The van der Waals surface area contributed by atoms with Gasteiger partial charge in [0.1, 0.15) is 0 Å². The normalized spacial score (nSPS) is 10.4. The van der Waals surface area contributed by atoms with Gasteiger partial charge in [0, 0.05) is 37.7 Å². The molecule has 0 spiro atoms. The SMILES string of the molecule is Cc1ccc(NC(=O)Nc2ccc(N(C)C)c(C(=O)NCCc3ccccc3)c2)c(C)c1. The van der Waals surface area contributed by atoms with Crippen LogP contribution in [0.25, 0.3) is 0 Å². The fourth-order valence-corrected chi connectivity index (χ4v) is 3.48. The Morgan fingerprint density at radius 1 is 0.875 bits per heavy atom. The monoisotopic (exact) mass is 430 g/mol. The summed E-state index contributed by atoms with van der Waals surface area (Å²) in [6.45, 7) is 4.49. The van der Waals surface area contributed by atoms with Crippen molar-refractivity contribution in [3.63, 3.8) is 0 Å². The summed E-state index contributed by atoms with van der Waals surface area (Å²) in [7, 11) is 3.77. The van der Waals surface area contributed by atoms with Gasteiger partial charge in [-0.25, -0.2) is 4.79 Å². The summed E-state index contributed by atoms with van der Waals surface area (Å²) >= 11 is 0. The molecular weight excluding hydrogens is 400 g/mol. The predicted molar refractivity (Wildman–Crippen MR) is 132 cm³/mol. The van der Waals surface area contributed by atoms with E-state index in [9.17, 15) is 9.59 Å². The number of amides is 3. The lowest BCUT2D eigenvalue weighted by atomic mass is 10.1. The second-order valence-electron chi connectivity index (χ2n) is 8.02. The van der Waals surface area contributed by atoms with E-state index in [2.05, 4.69) is 16.0 Å². The Morgan fingerprint density at radius 3 is 2.31 bits per heavy atom. The lowest BCUT2D eigenvalue weighted by Crippen LogP contribution is -2.28. The summed E-state index contributed by atoms with van der Waals surface area (Å²) in [6, 6.07) is 20.8. The minimum Gasteiger partial charge on any atom is -0.377 e. The van der Waals surface area contributed by atoms with Gasteiger partial charge >= 0.3 is 6.03 Å². The quantitative estimate of drug-likeness (QED) is 0.495. The van der Waals surface area contributed by atoms with Crippen LogP contribution in [0.4, 0.5) is 21.9 Å². The average Bonchev–Trinajstić information content (AvgIpc) is 2.76. The van der Waals surface area contributed by atoms with Gasteiger partial charge in [-0.05, 0) is 55.7 Å². The molecule has 0 bridgehead atoms. The minimum absolute atomic E-state index is 0.178. The number of rotatable bonds is 7. The molecule has 0 fully saturated rings. The molecule has 0 saturated heterocycles. The summed E-state index contributed by atoms with van der Waals surface area (Å²) in [5, 5.41) is 8.67. The molecule has 3 aromatic rings. The molecule has 0 unspecified atom stereocenters. The van der Waals surface area contributed by atoms with E-state index in [1.807, 2.05) is 87.4 Å². The number of aryl methyl sites for hydroxylation is 2. The van der Waals surface area contributed by atoms with Crippen LogP contribution in [0.5, 0.6) is 0 Å². The number of nitrogens with one attached hydrogen (secondary N) is 3. The number of nitrogens with zero attached hydrogens (tertiary/aromatic N) is 1. The molecular formula is C26H30N4O2. The molecule has 0 atom stereocenters. The summed E-state index contributed by atoms with van der Waals surface area (Å²) in [4.78, 5) is 27.3. The predicted octanol–water partition coefficient (Wildman–Crippen LogP) is 4.99. The minimum atomic E-state index is -0.356. The van der Waals surface area contributed by atoms with Crippen molar-refractivity contribution in [1.82, 2.24) is 5.32 Å². The molecule has 3 N–H and O–H groups in total. The summed E-state index contributed by atoms with van der Waals surface area (Å²) in [5.74, 6) is -0.178. The van der Waals surface area contributed by atoms with Crippen molar-refractivity contribution < 1.29 is 9.59 Å². The van der Waals surface area contributed by atoms with E-state index < -0.39 is 0 Å². The lowest BCUT2D eigenvalue weighted by molar-refractivity contribution is 0.0954. The van der Waals surface area contributed by atoms with Crippen LogP contribution in [0.2, 0.25) is 0 Å². The number of urea groups is 1. The number of anilines is 3. The molecule has 0 aliphatic carbocycles. The molecule has 3 aromatic carbocycles. The maximum absolute atomic E-state index is 12.9. The third kappa shape index (κ3) is 6.11. The Labute approximate surface area is 189 Å². The van der Waals surface area contributed by atoms with Crippen LogP contribution in [0.15, 0.2) is 66.7 Å². The highest BCUT2D eigenvalue weighted by atomic mass is 16.2. The van der Waals surface area contributed by atoms with Crippen LogP contribution in [-0.2, 0) is 6.42 Å². The van der Waals surface area contributed by atoms with Crippen molar-refractivity contribution in [3.05, 3.63) is 89.0 Å². The molecule has 6 heteroatoms. The molecule has 6 nitrogen and oxygen atoms in total. The van der Waals surface area contributed by atoms with Gasteiger partial charge in [0.15, 0.2) is 0 Å². The van der Waals surface area contributed by atoms with Crippen molar-refractivity contribution in [2.75, 3.05) is 36.2 Å². The molecule has 0 radical (unpaired) electrons. The molecule has 0 aliphatic rings. The fourth-order valence-electron chi connectivity index (χ4n) is 3.48. The lowest BCUT2D eigenvalue weighted by Gasteiger charge is -2.19. The van der Waals surface area contributed by atoms with Crippen LogP contribution in [0.3, 0.4) is 0 Å². The van der Waals surface area contributed by atoms with Gasteiger partial charge in [0.25, 0.3) is 5.91 Å². The van der Waals surface area contributed by atoms with Gasteiger partial charge < -0.3 is 20.9 Å². The smallest absolute Gasteiger partial charge is 0.323 e. The van der Waals surface area contributed by atoms with Gasteiger partial charge in [0.2, 0.25) is 0 Å². The van der Waals surface area contributed by atoms with Crippen LogP contribution in [0, 0.1) is 13.8 Å². The van der Waals surface area contributed by atoms with Crippen LogP contribution in [0.1, 0.15) is 27.0 Å². The molecule has 166 valence electrons. The van der Waals surface area contributed by atoms with Gasteiger partial charge in [-0.2, -0.15) is 0 Å². The third-order valence-electron chi connectivity index (χ3n) is 5.15. The van der Waals surface area contributed by atoms with Crippen molar-refractivity contribution in [3.8, 4) is 0 Å². The Bertz CT molecular complexity index is 1090. The first-order chi connectivity index (χ1) is 15.3. The largest absolute Gasteiger partial charge is 0.377 e. The van der Waals surface area contributed by atoms with Gasteiger partial charge in [-0.3, -0.25) is 4.79 Å². The highest BCUT2D eigenvalue weighted by Crippen LogP contribution is 2.23. The van der Waals surface area contributed by atoms with Crippen LogP contribution in [-0.4, -0.2) is 32.6 Å². The topological polar surface area (TPSA) is 73.5 Å². The highest BCUT2D eigenvalue weighted by Gasteiger charge is 2.15. The zero-order valence-electron chi connectivity index (χ0n) is 19.0. The van der Waals surface area contributed by atoms with Gasteiger partial charge in [0.05, 0.1) is 5.56 Å². The van der Waals surface area contributed by atoms with E-state index in [-0.39, 0.29) is 11.9 Å². The fraction of sp³-hybridized carbons (Fsp3) is 0.231. The maximum Gasteiger partial charge on any atom is 0.323 e. The van der Waals surface area contributed by atoms with E-state index in [1.165, 1.54) is 5.56 Å². The number of carbonyl (C=O) groups excluding carboxylic acids is 2. The zero-order valence-corrected chi connectivity index (χ0v) is 19.0. The van der Waals surface area contributed by atoms with Crippen LogP contribution >= 0.6 is 0 Å². The van der Waals surface area contributed by atoms with Crippen molar-refractivity contribution in [1.29, 1.82) is 0 Å². The summed E-state index contributed by atoms with van der Waals surface area (Å²) < 4.78 is 0. The second-order valence-corrected chi connectivity index (χ2v) is 8.02. The Balaban J connectivity index is 1.69. The zero-order chi connectivity index (χ0) is 23.1. The number of hydrogen-bond donors (Lipinski definition) is 3. The Kier molecular flexibility index (Phi) is 7.49. The van der Waals surface area contributed by atoms with Gasteiger partial charge in [-0.1, -0.05) is 48.0 Å². The number of carbonyl (C=O) groups is 2. The molecule has 0 saturated carbocycles. The Hall–Kier alpha value is -3.80. The van der Waals surface area contributed by atoms with E-state index >= 15 is 0 Å². The average molecular weight is 431 g/mol. The summed E-state index contributed by atoms with van der Waals surface area (Å²) in [6.07, 6.45) is 0.750. The summed E-state index contributed by atoms with van der Waals surface area (Å²) in [5.41, 5.74) is 5.87. The van der Waals surface area contributed by atoms with E-state index in [4.69, 9.17) is 0 Å². The molecule has 0 aliphatic heterocycles. The first-order valence-corrected chi connectivity index (χ1v) is 10.6. The maximum atomic E-state index is 12.9. The van der Waals surface area contributed by atoms with Crippen molar-refractivity contribution in [2.24, 2.45) is 0 Å². The van der Waals surface area contributed by atoms with E-state index in [0.29, 0.717) is 17.8 Å². The number of benzene rings is 3. The first kappa shape index (κ1) is 22.9.